The Morgan fingerprint density at radius 2 is 1.77 bits per heavy atom. The normalized spacial score (nSPS) is 19.5. The van der Waals surface area contributed by atoms with Crippen LogP contribution in [0.15, 0.2) is 82.6 Å². The fourth-order valence-corrected chi connectivity index (χ4v) is 5.43. The maximum Gasteiger partial charge on any atom is 0.224 e. The van der Waals surface area contributed by atoms with Crippen LogP contribution in [0.4, 0.5) is 17.1 Å². The number of nitrogens with one attached hydrogen (secondary N) is 1. The van der Waals surface area contributed by atoms with E-state index in [-0.39, 0.29) is 17.6 Å². The van der Waals surface area contributed by atoms with Crippen molar-refractivity contribution < 1.29 is 14.0 Å². The predicted molar refractivity (Wildman–Crippen MR) is 139 cm³/mol. The molecule has 1 aromatic heterocycles. The van der Waals surface area contributed by atoms with Gasteiger partial charge in [0, 0.05) is 49.3 Å². The summed E-state index contributed by atoms with van der Waals surface area (Å²) < 4.78 is 5.66. The average molecular weight is 470 g/mol. The van der Waals surface area contributed by atoms with E-state index in [2.05, 4.69) is 48.3 Å². The number of fused-ring (bicyclic) bond motifs is 1. The highest BCUT2D eigenvalue weighted by Gasteiger charge is 2.41. The number of hydrogen-bond donors (Lipinski definition) is 1. The molecule has 0 bridgehead atoms. The number of rotatable bonds is 5. The van der Waals surface area contributed by atoms with Crippen molar-refractivity contribution in [2.45, 2.75) is 45.6 Å². The van der Waals surface area contributed by atoms with Crippen molar-refractivity contribution in [1.82, 2.24) is 0 Å². The summed E-state index contributed by atoms with van der Waals surface area (Å²) in [4.78, 5) is 31.0. The van der Waals surface area contributed by atoms with Gasteiger partial charge in [-0.2, -0.15) is 0 Å². The Bertz CT molecular complexity index is 1260. The van der Waals surface area contributed by atoms with Gasteiger partial charge >= 0.3 is 0 Å². The molecule has 2 atom stereocenters. The Hall–Kier alpha value is -3.80. The molecule has 1 amide bonds. The van der Waals surface area contributed by atoms with Gasteiger partial charge in [0.1, 0.15) is 5.76 Å². The predicted octanol–water partition coefficient (Wildman–Crippen LogP) is 6.05. The minimum atomic E-state index is -0.505. The second-order valence-electron chi connectivity index (χ2n) is 9.13. The molecule has 0 saturated heterocycles. The van der Waals surface area contributed by atoms with E-state index in [0.717, 1.165) is 47.2 Å². The summed E-state index contributed by atoms with van der Waals surface area (Å²) in [5.41, 5.74) is 5.17. The van der Waals surface area contributed by atoms with Crippen LogP contribution in [-0.4, -0.2) is 24.8 Å². The topological polar surface area (TPSA) is 65.8 Å². The monoisotopic (exact) mass is 469 g/mol. The first kappa shape index (κ1) is 23.0. The van der Waals surface area contributed by atoms with Gasteiger partial charge in [-0.25, -0.2) is 0 Å². The van der Waals surface area contributed by atoms with E-state index in [9.17, 15) is 9.59 Å². The van der Waals surface area contributed by atoms with Gasteiger partial charge in [-0.05, 0) is 62.2 Å². The van der Waals surface area contributed by atoms with E-state index in [0.29, 0.717) is 18.4 Å². The summed E-state index contributed by atoms with van der Waals surface area (Å²) in [6, 6.07) is 19.3. The Morgan fingerprint density at radius 3 is 2.43 bits per heavy atom. The maximum absolute atomic E-state index is 13.8. The molecular weight excluding hydrogens is 438 g/mol. The molecule has 2 heterocycles. The summed E-state index contributed by atoms with van der Waals surface area (Å²) in [7, 11) is 0. The number of anilines is 3. The second kappa shape index (κ2) is 9.45. The Labute approximate surface area is 206 Å². The molecular formula is C29H31N3O3. The summed E-state index contributed by atoms with van der Waals surface area (Å²) in [6.45, 7) is 7.67. The molecule has 35 heavy (non-hydrogen) atoms. The largest absolute Gasteiger partial charge is 0.469 e. The van der Waals surface area contributed by atoms with Gasteiger partial charge in [0.2, 0.25) is 5.91 Å². The number of ketones is 1. The van der Waals surface area contributed by atoms with Gasteiger partial charge in [0.05, 0.1) is 23.7 Å². The molecule has 0 fully saturated rings. The van der Waals surface area contributed by atoms with Crippen LogP contribution in [0.1, 0.15) is 56.9 Å². The van der Waals surface area contributed by atoms with Crippen LogP contribution in [0.3, 0.4) is 0 Å². The van der Waals surface area contributed by atoms with E-state index in [1.807, 2.05) is 36.4 Å². The molecule has 6 nitrogen and oxygen atoms in total. The first-order valence-electron chi connectivity index (χ1n) is 12.3. The standard InChI is InChI=1S/C29H31N3O3/c1-4-31(5-2)22-14-12-20(13-15-22)29-28-24(17-21(18-26(28)34)27-11-8-16-35-27)30-23-9-6-7-10-25(23)32(29)19(3)33/h6-16,21,29-30H,4-5,17-18H2,1-3H3/t21-,29-/m0/s1. The highest BCUT2D eigenvalue weighted by atomic mass is 16.3. The maximum atomic E-state index is 13.8. The number of amides is 1. The van der Waals surface area contributed by atoms with Crippen LogP contribution in [0.25, 0.3) is 0 Å². The number of para-hydroxylation sites is 2. The molecule has 1 aliphatic heterocycles. The zero-order valence-corrected chi connectivity index (χ0v) is 20.5. The molecule has 3 aromatic rings. The first-order valence-corrected chi connectivity index (χ1v) is 12.3. The van der Waals surface area contributed by atoms with Gasteiger partial charge < -0.3 is 14.6 Å². The van der Waals surface area contributed by atoms with Crippen LogP contribution in [0.5, 0.6) is 0 Å². The first-order chi connectivity index (χ1) is 17.0. The van der Waals surface area contributed by atoms with Crippen molar-refractivity contribution in [3.05, 3.63) is 89.5 Å². The molecule has 0 unspecified atom stereocenters. The molecule has 6 heteroatoms. The van der Waals surface area contributed by atoms with Gasteiger partial charge in [-0.3, -0.25) is 14.5 Å². The van der Waals surface area contributed by atoms with Crippen LogP contribution in [0.2, 0.25) is 0 Å². The van der Waals surface area contributed by atoms with Gasteiger partial charge in [0.15, 0.2) is 5.78 Å². The minimum absolute atomic E-state index is 0.0366. The van der Waals surface area contributed by atoms with Crippen molar-refractivity contribution in [3.63, 3.8) is 0 Å². The zero-order valence-electron chi connectivity index (χ0n) is 20.5. The van der Waals surface area contributed by atoms with E-state index in [1.54, 1.807) is 18.1 Å². The van der Waals surface area contributed by atoms with Crippen LogP contribution >= 0.6 is 0 Å². The molecule has 5 rings (SSSR count). The molecule has 0 radical (unpaired) electrons. The van der Waals surface area contributed by atoms with Crippen molar-refractivity contribution in [3.8, 4) is 0 Å². The van der Waals surface area contributed by atoms with E-state index in [4.69, 9.17) is 4.42 Å². The SMILES string of the molecule is CCN(CC)c1ccc([C@H]2C3=C(C[C@H](c4ccco4)CC3=O)Nc3ccccc3N2C(C)=O)cc1. The summed E-state index contributed by atoms with van der Waals surface area (Å²) >= 11 is 0. The third-order valence-electron chi connectivity index (χ3n) is 7.11. The van der Waals surface area contributed by atoms with Crippen molar-refractivity contribution in [2.24, 2.45) is 0 Å². The Balaban J connectivity index is 1.66. The highest BCUT2D eigenvalue weighted by molar-refractivity contribution is 6.05. The quantitative estimate of drug-likeness (QED) is 0.493. The van der Waals surface area contributed by atoms with Gasteiger partial charge in [0.25, 0.3) is 0 Å². The third kappa shape index (κ3) is 4.14. The molecule has 2 aromatic carbocycles. The number of Topliss-reactive ketones (excluding diaryl/α,β-unsaturated/α-hetero) is 1. The number of benzene rings is 2. The molecule has 180 valence electrons. The van der Waals surface area contributed by atoms with Crippen molar-refractivity contribution in [2.75, 3.05) is 28.2 Å². The number of nitrogens with zero attached hydrogens (tertiary/aromatic N) is 2. The fourth-order valence-electron chi connectivity index (χ4n) is 5.43. The summed E-state index contributed by atoms with van der Waals surface area (Å²) in [6.07, 6.45) is 2.64. The molecule has 1 aliphatic carbocycles. The lowest BCUT2D eigenvalue weighted by atomic mass is 9.80. The molecule has 0 saturated carbocycles. The second-order valence-corrected chi connectivity index (χ2v) is 9.13. The average Bonchev–Trinajstić information content (AvgIpc) is 3.35. The summed E-state index contributed by atoms with van der Waals surface area (Å²) in [5, 5.41) is 3.53. The van der Waals surface area contributed by atoms with Crippen molar-refractivity contribution >= 4 is 28.8 Å². The van der Waals surface area contributed by atoms with Crippen molar-refractivity contribution in [1.29, 1.82) is 0 Å². The molecule has 0 spiro atoms. The summed E-state index contributed by atoms with van der Waals surface area (Å²) in [5.74, 6) is 0.710. The van der Waals surface area contributed by atoms with Crippen LogP contribution in [-0.2, 0) is 9.59 Å². The molecule has 2 aliphatic rings. The number of furan rings is 1. The van der Waals surface area contributed by atoms with E-state index < -0.39 is 6.04 Å². The third-order valence-corrected chi connectivity index (χ3v) is 7.11. The van der Waals surface area contributed by atoms with Crippen LogP contribution in [0, 0.1) is 0 Å². The van der Waals surface area contributed by atoms with E-state index in [1.165, 1.54) is 0 Å². The number of carbonyl (C=O) groups excluding carboxylic acids is 2. The van der Waals surface area contributed by atoms with Gasteiger partial charge in [-0.15, -0.1) is 0 Å². The fraction of sp³-hybridized carbons (Fsp3) is 0.310. The zero-order chi connectivity index (χ0) is 24.5. The minimum Gasteiger partial charge on any atom is -0.469 e. The molecule has 1 N–H and O–H groups in total. The smallest absolute Gasteiger partial charge is 0.224 e. The van der Waals surface area contributed by atoms with Crippen LogP contribution < -0.4 is 15.1 Å². The number of carbonyl (C=O) groups is 2. The Kier molecular flexibility index (Phi) is 6.20. The van der Waals surface area contributed by atoms with E-state index >= 15 is 0 Å². The Morgan fingerprint density at radius 1 is 1.03 bits per heavy atom. The number of allylic oxidation sites excluding steroid dienone is 1. The lowest BCUT2D eigenvalue weighted by Gasteiger charge is -2.34. The lowest BCUT2D eigenvalue weighted by Crippen LogP contribution is -2.37. The lowest BCUT2D eigenvalue weighted by molar-refractivity contribution is -0.117. The van der Waals surface area contributed by atoms with Gasteiger partial charge in [-0.1, -0.05) is 24.3 Å². The highest BCUT2D eigenvalue weighted by Crippen LogP contribution is 2.47. The number of hydrogen-bond acceptors (Lipinski definition) is 5.